The minimum Gasteiger partial charge on any atom is -0.346 e. The van der Waals surface area contributed by atoms with Gasteiger partial charge in [0.2, 0.25) is 0 Å². The number of hydrogen-bond acceptors (Lipinski definition) is 3. The first-order valence-electron chi connectivity index (χ1n) is 6.17. The Morgan fingerprint density at radius 3 is 2.21 bits per heavy atom. The van der Waals surface area contributed by atoms with Crippen molar-refractivity contribution < 1.29 is 4.79 Å². The van der Waals surface area contributed by atoms with Crippen LogP contribution in [0.4, 0.5) is 0 Å². The molecule has 1 aromatic carbocycles. The van der Waals surface area contributed by atoms with Gasteiger partial charge in [-0.15, -0.1) is 10.2 Å². The number of carbonyl (C=O) groups is 1. The Kier molecular flexibility index (Phi) is 3.60. The van der Waals surface area contributed by atoms with E-state index in [1.807, 2.05) is 51.1 Å². The summed E-state index contributed by atoms with van der Waals surface area (Å²) in [4.78, 5) is 11.9. The molecule has 0 aliphatic heterocycles. The van der Waals surface area contributed by atoms with Crippen LogP contribution in [0.1, 0.15) is 31.3 Å². The van der Waals surface area contributed by atoms with E-state index in [4.69, 9.17) is 0 Å². The van der Waals surface area contributed by atoms with E-state index in [2.05, 4.69) is 15.5 Å². The van der Waals surface area contributed by atoms with E-state index in [1.54, 1.807) is 12.1 Å². The fraction of sp³-hybridized carbons (Fsp3) is 0.267. The highest BCUT2D eigenvalue weighted by atomic mass is 16.2. The molecule has 4 heteroatoms. The minimum atomic E-state index is -0.281. The van der Waals surface area contributed by atoms with Gasteiger partial charge in [-0.05, 0) is 32.9 Å². The molecule has 0 aliphatic rings. The van der Waals surface area contributed by atoms with Crippen LogP contribution in [-0.2, 0) is 0 Å². The number of nitrogens with zero attached hydrogens (tertiary/aromatic N) is 2. The highest BCUT2D eigenvalue weighted by Crippen LogP contribution is 2.15. The van der Waals surface area contributed by atoms with Crippen LogP contribution < -0.4 is 5.32 Å². The predicted molar refractivity (Wildman–Crippen MR) is 74.7 cm³/mol. The zero-order valence-corrected chi connectivity index (χ0v) is 11.3. The summed E-state index contributed by atoms with van der Waals surface area (Å²) in [7, 11) is 0. The Bertz CT molecular complexity index is 556. The molecule has 98 valence electrons. The van der Waals surface area contributed by atoms with E-state index in [0.29, 0.717) is 5.69 Å². The van der Waals surface area contributed by atoms with E-state index in [-0.39, 0.29) is 11.4 Å². The third kappa shape index (κ3) is 3.61. The first-order valence-corrected chi connectivity index (χ1v) is 6.17. The number of amides is 1. The quantitative estimate of drug-likeness (QED) is 0.897. The molecule has 1 amide bonds. The van der Waals surface area contributed by atoms with Gasteiger partial charge in [0.15, 0.2) is 5.69 Å². The molecule has 1 heterocycles. The van der Waals surface area contributed by atoms with Gasteiger partial charge in [-0.2, -0.15) is 0 Å². The van der Waals surface area contributed by atoms with Gasteiger partial charge in [0, 0.05) is 11.1 Å². The average Bonchev–Trinajstić information content (AvgIpc) is 2.38. The second kappa shape index (κ2) is 5.18. The summed E-state index contributed by atoms with van der Waals surface area (Å²) in [5, 5.41) is 10.9. The number of nitrogens with one attached hydrogen (secondary N) is 1. The molecule has 19 heavy (non-hydrogen) atoms. The van der Waals surface area contributed by atoms with Crippen molar-refractivity contribution in [2.24, 2.45) is 0 Å². The Labute approximate surface area is 112 Å². The Balaban J connectivity index is 2.17. The molecular formula is C15H17N3O. The molecule has 4 nitrogen and oxygen atoms in total. The van der Waals surface area contributed by atoms with E-state index in [1.165, 1.54) is 0 Å². The summed E-state index contributed by atoms with van der Waals surface area (Å²) in [6.07, 6.45) is 0. The van der Waals surface area contributed by atoms with Crippen LogP contribution in [0.15, 0.2) is 42.5 Å². The lowest BCUT2D eigenvalue weighted by molar-refractivity contribution is 0.0913. The summed E-state index contributed by atoms with van der Waals surface area (Å²) in [5.41, 5.74) is 1.79. The number of aromatic nitrogens is 2. The standard InChI is InChI=1S/C15H17N3O/c1-15(2,3)16-14(19)13-10-9-12(17-18-13)11-7-5-4-6-8-11/h4-10H,1-3H3,(H,16,19). The molecule has 0 fully saturated rings. The summed E-state index contributed by atoms with van der Waals surface area (Å²) >= 11 is 0. The molecular weight excluding hydrogens is 238 g/mol. The Morgan fingerprint density at radius 2 is 1.68 bits per heavy atom. The van der Waals surface area contributed by atoms with Crippen molar-refractivity contribution in [1.29, 1.82) is 0 Å². The van der Waals surface area contributed by atoms with Crippen molar-refractivity contribution in [3.63, 3.8) is 0 Å². The molecule has 0 radical (unpaired) electrons. The zero-order valence-electron chi connectivity index (χ0n) is 11.3. The van der Waals surface area contributed by atoms with Crippen molar-refractivity contribution >= 4 is 5.91 Å². The molecule has 2 aromatic rings. The van der Waals surface area contributed by atoms with Gasteiger partial charge in [-0.25, -0.2) is 0 Å². The number of carbonyl (C=O) groups excluding carboxylic acids is 1. The number of hydrogen-bond donors (Lipinski definition) is 1. The largest absolute Gasteiger partial charge is 0.346 e. The van der Waals surface area contributed by atoms with Crippen molar-refractivity contribution in [2.75, 3.05) is 0 Å². The summed E-state index contributed by atoms with van der Waals surface area (Å²) in [6, 6.07) is 13.2. The molecule has 2 rings (SSSR count). The van der Waals surface area contributed by atoms with Crippen LogP contribution in [0.3, 0.4) is 0 Å². The molecule has 0 saturated heterocycles. The Morgan fingerprint density at radius 1 is 1.00 bits per heavy atom. The van der Waals surface area contributed by atoms with Crippen molar-refractivity contribution in [1.82, 2.24) is 15.5 Å². The van der Waals surface area contributed by atoms with Gasteiger partial charge in [0.1, 0.15) is 0 Å². The minimum absolute atomic E-state index is 0.209. The predicted octanol–water partition coefficient (Wildman–Crippen LogP) is 2.67. The van der Waals surface area contributed by atoms with Gasteiger partial charge >= 0.3 is 0 Å². The monoisotopic (exact) mass is 255 g/mol. The second-order valence-corrected chi connectivity index (χ2v) is 5.37. The van der Waals surface area contributed by atoms with Crippen LogP contribution in [0.25, 0.3) is 11.3 Å². The highest BCUT2D eigenvalue weighted by molar-refractivity contribution is 5.92. The SMILES string of the molecule is CC(C)(C)NC(=O)c1ccc(-c2ccccc2)nn1. The summed E-state index contributed by atoms with van der Waals surface area (Å²) in [6.45, 7) is 5.78. The summed E-state index contributed by atoms with van der Waals surface area (Å²) < 4.78 is 0. The lowest BCUT2D eigenvalue weighted by Crippen LogP contribution is -2.41. The van der Waals surface area contributed by atoms with Crippen LogP contribution in [0, 0.1) is 0 Å². The maximum Gasteiger partial charge on any atom is 0.272 e. The lowest BCUT2D eigenvalue weighted by atomic mass is 10.1. The molecule has 1 N–H and O–H groups in total. The van der Waals surface area contributed by atoms with E-state index in [0.717, 1.165) is 11.3 Å². The number of rotatable bonds is 2. The Hall–Kier alpha value is -2.23. The molecule has 1 aromatic heterocycles. The highest BCUT2D eigenvalue weighted by Gasteiger charge is 2.16. The normalized spacial score (nSPS) is 11.1. The number of benzene rings is 1. The van der Waals surface area contributed by atoms with E-state index >= 15 is 0 Å². The van der Waals surface area contributed by atoms with E-state index < -0.39 is 0 Å². The first-order chi connectivity index (χ1) is 8.96. The van der Waals surface area contributed by atoms with Crippen molar-refractivity contribution in [3.8, 4) is 11.3 Å². The van der Waals surface area contributed by atoms with Crippen molar-refractivity contribution in [3.05, 3.63) is 48.2 Å². The third-order valence-corrected chi connectivity index (χ3v) is 2.46. The van der Waals surface area contributed by atoms with E-state index in [9.17, 15) is 4.79 Å². The molecule has 0 saturated carbocycles. The van der Waals surface area contributed by atoms with Gasteiger partial charge in [-0.3, -0.25) is 4.79 Å². The van der Waals surface area contributed by atoms with Gasteiger partial charge in [-0.1, -0.05) is 30.3 Å². The van der Waals surface area contributed by atoms with Gasteiger partial charge in [0.25, 0.3) is 5.91 Å². The summed E-state index contributed by atoms with van der Waals surface area (Å²) in [5.74, 6) is -0.209. The third-order valence-electron chi connectivity index (χ3n) is 2.46. The molecule has 0 bridgehead atoms. The second-order valence-electron chi connectivity index (χ2n) is 5.37. The fourth-order valence-electron chi connectivity index (χ4n) is 1.62. The fourth-order valence-corrected chi connectivity index (χ4v) is 1.62. The topological polar surface area (TPSA) is 54.9 Å². The first kappa shape index (κ1) is 13.2. The van der Waals surface area contributed by atoms with Crippen LogP contribution >= 0.6 is 0 Å². The maximum absolute atomic E-state index is 11.9. The molecule has 0 unspecified atom stereocenters. The van der Waals surface area contributed by atoms with Crippen LogP contribution in [-0.4, -0.2) is 21.6 Å². The lowest BCUT2D eigenvalue weighted by Gasteiger charge is -2.19. The van der Waals surface area contributed by atoms with Gasteiger partial charge < -0.3 is 5.32 Å². The van der Waals surface area contributed by atoms with Gasteiger partial charge in [0.05, 0.1) is 5.69 Å². The van der Waals surface area contributed by atoms with Crippen LogP contribution in [0.2, 0.25) is 0 Å². The molecule has 0 spiro atoms. The smallest absolute Gasteiger partial charge is 0.272 e. The molecule has 0 aliphatic carbocycles. The van der Waals surface area contributed by atoms with Crippen LogP contribution in [0.5, 0.6) is 0 Å². The maximum atomic E-state index is 11.9. The van der Waals surface area contributed by atoms with Crippen molar-refractivity contribution in [2.45, 2.75) is 26.3 Å². The zero-order chi connectivity index (χ0) is 13.9. The average molecular weight is 255 g/mol. The molecule has 0 atom stereocenters.